The summed E-state index contributed by atoms with van der Waals surface area (Å²) in [5, 5.41) is 9.74. The van der Waals surface area contributed by atoms with Gasteiger partial charge in [-0.3, -0.25) is 0 Å². The van der Waals surface area contributed by atoms with Crippen molar-refractivity contribution in [3.63, 3.8) is 0 Å². The Bertz CT molecular complexity index is 1280. The first-order valence-corrected chi connectivity index (χ1v) is 11.9. The number of halogens is 9. The Morgan fingerprint density at radius 2 is 1.32 bits per heavy atom. The lowest BCUT2D eigenvalue weighted by molar-refractivity contribution is -0.274. The molecule has 1 N–H and O–H groups in total. The van der Waals surface area contributed by atoms with Crippen molar-refractivity contribution in [1.29, 1.82) is 0 Å². The third-order valence-corrected chi connectivity index (χ3v) is 5.48. The molecular weight excluding hydrogens is 573 g/mol. The van der Waals surface area contributed by atoms with Gasteiger partial charge in [-0.25, -0.2) is 4.39 Å². The van der Waals surface area contributed by atoms with Crippen LogP contribution < -0.4 is 19.1 Å². The molecule has 5 nitrogen and oxygen atoms in total. The number of aliphatic hydroxyl groups excluding tert-OH is 1. The van der Waals surface area contributed by atoms with E-state index in [9.17, 15) is 44.6 Å². The maximum atomic E-state index is 13.7. The van der Waals surface area contributed by atoms with Crippen LogP contribution in [0.3, 0.4) is 0 Å². The van der Waals surface area contributed by atoms with Gasteiger partial charge in [-0.15, -0.1) is 13.2 Å². The van der Waals surface area contributed by atoms with Crippen molar-refractivity contribution in [2.45, 2.75) is 51.0 Å². The van der Waals surface area contributed by atoms with E-state index in [2.05, 4.69) is 9.47 Å². The van der Waals surface area contributed by atoms with Crippen LogP contribution in [0.4, 0.5) is 45.2 Å². The lowest BCUT2D eigenvalue weighted by Crippen LogP contribution is -2.40. The Morgan fingerprint density at radius 1 is 0.756 bits per heavy atom. The van der Waals surface area contributed by atoms with Crippen molar-refractivity contribution in [2.75, 3.05) is 11.4 Å². The number of anilines is 1. The molecule has 0 aliphatic rings. The second kappa shape index (κ2) is 12.8. The van der Waals surface area contributed by atoms with E-state index >= 15 is 0 Å². The third kappa shape index (κ3) is 9.95. The fourth-order valence-corrected chi connectivity index (χ4v) is 3.51. The van der Waals surface area contributed by atoms with Crippen LogP contribution >= 0.6 is 0 Å². The van der Waals surface area contributed by atoms with Crippen LogP contribution in [0.25, 0.3) is 0 Å². The largest absolute Gasteiger partial charge is 0.573 e. The highest BCUT2D eigenvalue weighted by molar-refractivity contribution is 5.52. The summed E-state index contributed by atoms with van der Waals surface area (Å²) in [5.41, 5.74) is 0.638. The molecular formula is C27H24F9NO4. The molecule has 41 heavy (non-hydrogen) atoms. The maximum Gasteiger partial charge on any atom is 0.573 e. The Morgan fingerprint density at radius 3 is 1.93 bits per heavy atom. The number of rotatable bonds is 12. The minimum absolute atomic E-state index is 0.129. The summed E-state index contributed by atoms with van der Waals surface area (Å²) in [6, 6.07) is 15.5. The van der Waals surface area contributed by atoms with E-state index in [4.69, 9.17) is 4.74 Å². The van der Waals surface area contributed by atoms with Crippen LogP contribution in [0.2, 0.25) is 0 Å². The molecule has 0 amide bonds. The molecule has 2 atom stereocenters. The molecule has 3 aromatic rings. The summed E-state index contributed by atoms with van der Waals surface area (Å²) in [4.78, 5) is 1.11. The fourth-order valence-electron chi connectivity index (χ4n) is 3.51. The Labute approximate surface area is 228 Å². The van der Waals surface area contributed by atoms with Crippen LogP contribution in [0.1, 0.15) is 18.1 Å². The standard InChI is InChI=1S/C27H24F9NO4/c1-17(28)26(32,33)40-22-9-2-5-18(11-22)14-37(15-24(38)25(29,30)31)20-7-4-8-21(13-20)39-16-19-6-3-10-23(12-19)41-27(34,35)36/h2-13,17,24,38H,14-16H2,1H3/t17?,24-/m1/s1. The first-order chi connectivity index (χ1) is 19.0. The highest BCUT2D eigenvalue weighted by Gasteiger charge is 2.40. The number of hydrogen-bond acceptors (Lipinski definition) is 5. The average molecular weight is 597 g/mol. The highest BCUT2D eigenvalue weighted by atomic mass is 19.4. The van der Waals surface area contributed by atoms with Crippen LogP contribution in [0.5, 0.6) is 17.2 Å². The van der Waals surface area contributed by atoms with Gasteiger partial charge in [0.15, 0.2) is 6.10 Å². The minimum atomic E-state index is -4.97. The van der Waals surface area contributed by atoms with Gasteiger partial charge in [-0.05, 0) is 54.4 Å². The molecule has 0 bridgehead atoms. The van der Waals surface area contributed by atoms with Crippen molar-refractivity contribution in [3.8, 4) is 17.2 Å². The fraction of sp³-hybridized carbons (Fsp3) is 0.333. The summed E-state index contributed by atoms with van der Waals surface area (Å²) in [5.74, 6) is -0.767. The Kier molecular flexibility index (Phi) is 9.89. The molecule has 3 aromatic carbocycles. The van der Waals surface area contributed by atoms with Gasteiger partial charge in [0.05, 0.1) is 6.54 Å². The highest BCUT2D eigenvalue weighted by Crippen LogP contribution is 2.30. The summed E-state index contributed by atoms with van der Waals surface area (Å²) in [6.45, 7) is -0.885. The van der Waals surface area contributed by atoms with E-state index in [1.807, 2.05) is 0 Å². The van der Waals surface area contributed by atoms with Crippen molar-refractivity contribution in [1.82, 2.24) is 0 Å². The molecule has 0 saturated heterocycles. The van der Waals surface area contributed by atoms with E-state index in [0.29, 0.717) is 12.5 Å². The van der Waals surface area contributed by atoms with Gasteiger partial charge in [0.2, 0.25) is 6.17 Å². The smallest absolute Gasteiger partial charge is 0.489 e. The molecule has 0 radical (unpaired) electrons. The molecule has 1 unspecified atom stereocenters. The molecule has 3 rings (SSSR count). The number of hydrogen-bond donors (Lipinski definition) is 1. The van der Waals surface area contributed by atoms with Crippen molar-refractivity contribution < 1.29 is 58.8 Å². The van der Waals surface area contributed by atoms with Gasteiger partial charge in [0.25, 0.3) is 0 Å². The minimum Gasteiger partial charge on any atom is -0.489 e. The van der Waals surface area contributed by atoms with Crippen LogP contribution in [-0.2, 0) is 13.2 Å². The molecule has 0 saturated carbocycles. The van der Waals surface area contributed by atoms with Gasteiger partial charge in [-0.1, -0.05) is 30.3 Å². The van der Waals surface area contributed by atoms with Gasteiger partial charge in [0, 0.05) is 18.3 Å². The van der Waals surface area contributed by atoms with E-state index in [1.54, 1.807) is 0 Å². The molecule has 0 aromatic heterocycles. The van der Waals surface area contributed by atoms with Gasteiger partial charge in [0.1, 0.15) is 23.9 Å². The zero-order chi connectivity index (χ0) is 30.4. The van der Waals surface area contributed by atoms with E-state index in [-0.39, 0.29) is 30.2 Å². The molecule has 0 heterocycles. The summed E-state index contributed by atoms with van der Waals surface area (Å²) >= 11 is 0. The first-order valence-electron chi connectivity index (χ1n) is 11.9. The van der Waals surface area contributed by atoms with Crippen molar-refractivity contribution in [2.24, 2.45) is 0 Å². The molecule has 0 spiro atoms. The first kappa shape index (κ1) is 31.7. The SMILES string of the molecule is CC(F)C(F)(F)Oc1cccc(CN(C[C@@H](O)C(F)(F)F)c2cccc(OCc3cccc(OC(F)(F)F)c3)c2)c1. The topological polar surface area (TPSA) is 51.2 Å². The second-order valence-corrected chi connectivity index (χ2v) is 8.85. The van der Waals surface area contributed by atoms with Crippen LogP contribution in [0, 0.1) is 0 Å². The monoisotopic (exact) mass is 597 g/mol. The maximum absolute atomic E-state index is 13.7. The Balaban J connectivity index is 1.81. The van der Waals surface area contributed by atoms with E-state index in [1.165, 1.54) is 48.5 Å². The normalized spacial score (nSPS) is 13.8. The predicted octanol–water partition coefficient (Wildman–Crippen LogP) is 7.42. The number of nitrogens with zero attached hydrogens (tertiary/aromatic N) is 1. The number of ether oxygens (including phenoxy) is 3. The Hall–Kier alpha value is -3.81. The van der Waals surface area contributed by atoms with Crippen LogP contribution in [0.15, 0.2) is 72.8 Å². The van der Waals surface area contributed by atoms with E-state index in [0.717, 1.165) is 29.2 Å². The van der Waals surface area contributed by atoms with Gasteiger partial charge >= 0.3 is 18.6 Å². The van der Waals surface area contributed by atoms with Gasteiger partial charge in [-0.2, -0.15) is 22.0 Å². The molecule has 224 valence electrons. The summed E-state index contributed by atoms with van der Waals surface area (Å²) in [7, 11) is 0. The molecule has 0 aliphatic carbocycles. The number of alkyl halides is 9. The number of aliphatic hydroxyl groups is 1. The quantitative estimate of drug-likeness (QED) is 0.220. The second-order valence-electron chi connectivity index (χ2n) is 8.85. The third-order valence-electron chi connectivity index (χ3n) is 5.48. The lowest BCUT2D eigenvalue weighted by Gasteiger charge is -2.29. The number of benzene rings is 3. The molecule has 0 aliphatic heterocycles. The molecule has 14 heteroatoms. The van der Waals surface area contributed by atoms with E-state index < -0.39 is 49.0 Å². The summed E-state index contributed by atoms with van der Waals surface area (Å²) < 4.78 is 131. The lowest BCUT2D eigenvalue weighted by atomic mass is 10.1. The van der Waals surface area contributed by atoms with Crippen molar-refractivity contribution in [3.05, 3.63) is 83.9 Å². The van der Waals surface area contributed by atoms with Gasteiger partial charge < -0.3 is 24.2 Å². The zero-order valence-electron chi connectivity index (χ0n) is 21.2. The average Bonchev–Trinajstić information content (AvgIpc) is 2.86. The van der Waals surface area contributed by atoms with Crippen LogP contribution in [-0.4, -0.2) is 42.6 Å². The van der Waals surface area contributed by atoms with Crippen molar-refractivity contribution >= 4 is 5.69 Å². The molecule has 0 fully saturated rings. The zero-order valence-corrected chi connectivity index (χ0v) is 21.2. The predicted molar refractivity (Wildman–Crippen MR) is 130 cm³/mol. The summed E-state index contributed by atoms with van der Waals surface area (Å²) in [6.07, 6.45) is -19.4.